The monoisotopic (exact) mass is 327 g/mol. The predicted molar refractivity (Wildman–Crippen MR) is 90.1 cm³/mol. The number of hydrogen-bond donors (Lipinski definition) is 0. The van der Waals surface area contributed by atoms with E-state index in [4.69, 9.17) is 5.53 Å². The van der Waals surface area contributed by atoms with Crippen molar-refractivity contribution >= 4 is 11.6 Å². The molecule has 0 spiro atoms. The van der Waals surface area contributed by atoms with E-state index in [1.54, 1.807) is 0 Å². The van der Waals surface area contributed by atoms with Gasteiger partial charge < -0.3 is 0 Å². The highest BCUT2D eigenvalue weighted by atomic mass is 16.1. The Labute approximate surface area is 142 Å². The van der Waals surface area contributed by atoms with Gasteiger partial charge in [0.05, 0.1) is 0 Å². The molecule has 0 heterocycles. The van der Waals surface area contributed by atoms with Crippen molar-refractivity contribution in [2.75, 3.05) is 6.54 Å². The summed E-state index contributed by atoms with van der Waals surface area (Å²) in [7, 11) is 0. The molecule has 4 aliphatic carbocycles. The first-order valence-electron chi connectivity index (χ1n) is 9.29. The Bertz CT molecular complexity index is 678. The molecule has 24 heavy (non-hydrogen) atoms. The molecule has 0 aromatic carbocycles. The van der Waals surface area contributed by atoms with Crippen molar-refractivity contribution in [3.63, 3.8) is 0 Å². The van der Waals surface area contributed by atoms with Crippen molar-refractivity contribution in [2.45, 2.75) is 58.3 Å². The summed E-state index contributed by atoms with van der Waals surface area (Å²) >= 11 is 0. The molecule has 0 aromatic heterocycles. The molecular weight excluding hydrogens is 302 g/mol. The third-order valence-electron chi connectivity index (χ3n) is 7.81. The fourth-order valence-electron chi connectivity index (χ4n) is 6.59. The Balaban J connectivity index is 1.74. The minimum Gasteiger partial charge on any atom is -0.299 e. The molecule has 0 unspecified atom stereocenters. The number of rotatable bonds is 2. The lowest BCUT2D eigenvalue weighted by atomic mass is 9.47. The molecule has 5 atom stereocenters. The molecule has 0 bridgehead atoms. The first-order chi connectivity index (χ1) is 11.5. The maximum atomic E-state index is 12.5. The van der Waals surface area contributed by atoms with Crippen molar-refractivity contribution < 1.29 is 9.59 Å². The van der Waals surface area contributed by atoms with Crippen LogP contribution < -0.4 is 0 Å². The molecule has 128 valence electrons. The molecule has 4 rings (SSSR count). The number of nitrogens with zero attached hydrogens (tertiary/aromatic N) is 3. The van der Waals surface area contributed by atoms with Crippen molar-refractivity contribution in [3.05, 3.63) is 22.1 Å². The fraction of sp³-hybridized carbons (Fsp3) is 0.789. The summed E-state index contributed by atoms with van der Waals surface area (Å²) < 4.78 is 0. The second kappa shape index (κ2) is 5.45. The Kier molecular flexibility index (Phi) is 3.61. The maximum absolute atomic E-state index is 12.5. The number of carbonyl (C=O) groups is 2. The highest BCUT2D eigenvalue weighted by Gasteiger charge is 2.59. The molecule has 0 aliphatic heterocycles. The molecule has 3 saturated carbocycles. The van der Waals surface area contributed by atoms with Gasteiger partial charge in [0, 0.05) is 35.1 Å². The molecule has 0 N–H and O–H groups in total. The van der Waals surface area contributed by atoms with Crippen LogP contribution in [0.2, 0.25) is 0 Å². The third kappa shape index (κ3) is 2.03. The van der Waals surface area contributed by atoms with E-state index in [1.807, 2.05) is 6.08 Å². The van der Waals surface area contributed by atoms with E-state index in [0.29, 0.717) is 36.5 Å². The maximum Gasteiger partial charge on any atom is 0.155 e. The summed E-state index contributed by atoms with van der Waals surface area (Å²) in [5.74, 6) is 2.15. The van der Waals surface area contributed by atoms with Gasteiger partial charge in [0.25, 0.3) is 0 Å². The second-order valence-corrected chi connectivity index (χ2v) is 8.51. The van der Waals surface area contributed by atoms with Gasteiger partial charge in [-0.05, 0) is 67.9 Å². The van der Waals surface area contributed by atoms with E-state index >= 15 is 0 Å². The lowest BCUT2D eigenvalue weighted by Crippen LogP contribution is -2.52. The van der Waals surface area contributed by atoms with Gasteiger partial charge in [0.15, 0.2) is 5.78 Å². The van der Waals surface area contributed by atoms with Gasteiger partial charge in [0.1, 0.15) is 5.78 Å². The van der Waals surface area contributed by atoms with Crippen LogP contribution in [0.1, 0.15) is 58.3 Å². The van der Waals surface area contributed by atoms with E-state index in [2.05, 4.69) is 16.9 Å². The quantitative estimate of drug-likeness (QED) is 0.428. The van der Waals surface area contributed by atoms with Crippen molar-refractivity contribution in [1.29, 1.82) is 0 Å². The Morgan fingerprint density at radius 2 is 2.00 bits per heavy atom. The van der Waals surface area contributed by atoms with Crippen LogP contribution in [0.3, 0.4) is 0 Å². The van der Waals surface area contributed by atoms with Crippen molar-refractivity contribution in [2.24, 2.45) is 33.7 Å². The normalized spacial score (nSPS) is 44.0. The van der Waals surface area contributed by atoms with Crippen LogP contribution in [0, 0.1) is 28.6 Å². The standard InChI is InChI=1S/C19H25N3O2/c1-18-8-7-16-14(15(18)4-5-17(18)24)3-2-12-10-13(23)6-9-19(12,16)11-21-22-20/h10,14-16H,2-9,11H2,1H3/t14-,15-,16+,18-,19+/m0/s1. The predicted octanol–water partition coefficient (Wildman–Crippen LogP) is 4.38. The number of azide groups is 1. The minimum absolute atomic E-state index is 0.129. The molecule has 5 nitrogen and oxygen atoms in total. The highest BCUT2D eigenvalue weighted by molar-refractivity contribution is 5.91. The number of ketones is 2. The van der Waals surface area contributed by atoms with Crippen molar-refractivity contribution in [3.8, 4) is 0 Å². The molecule has 0 aromatic rings. The van der Waals surface area contributed by atoms with E-state index in [9.17, 15) is 9.59 Å². The number of carbonyl (C=O) groups excluding carboxylic acids is 2. The smallest absolute Gasteiger partial charge is 0.155 e. The van der Waals surface area contributed by atoms with E-state index < -0.39 is 0 Å². The third-order valence-corrected chi connectivity index (χ3v) is 7.81. The zero-order chi connectivity index (χ0) is 16.9. The molecule has 3 fully saturated rings. The molecule has 0 saturated heterocycles. The van der Waals surface area contributed by atoms with Crippen LogP contribution >= 0.6 is 0 Å². The van der Waals surface area contributed by atoms with Crippen LogP contribution in [0.25, 0.3) is 10.4 Å². The first-order valence-corrected chi connectivity index (χ1v) is 9.29. The van der Waals surface area contributed by atoms with Gasteiger partial charge in [-0.2, -0.15) is 0 Å². The Hall–Kier alpha value is -1.61. The fourth-order valence-corrected chi connectivity index (χ4v) is 6.59. The first kappa shape index (κ1) is 15.9. The van der Waals surface area contributed by atoms with Crippen LogP contribution in [0.4, 0.5) is 0 Å². The van der Waals surface area contributed by atoms with Crippen LogP contribution in [0.5, 0.6) is 0 Å². The summed E-state index contributed by atoms with van der Waals surface area (Å²) in [6.45, 7) is 2.65. The van der Waals surface area contributed by atoms with Crippen LogP contribution in [-0.2, 0) is 9.59 Å². The number of fused-ring (bicyclic) bond motifs is 5. The van der Waals surface area contributed by atoms with E-state index in [0.717, 1.165) is 44.9 Å². The summed E-state index contributed by atoms with van der Waals surface area (Å²) in [5, 5.41) is 3.97. The summed E-state index contributed by atoms with van der Waals surface area (Å²) in [6, 6.07) is 0. The summed E-state index contributed by atoms with van der Waals surface area (Å²) in [4.78, 5) is 27.4. The molecule has 4 aliphatic rings. The Morgan fingerprint density at radius 3 is 2.79 bits per heavy atom. The summed E-state index contributed by atoms with van der Waals surface area (Å²) in [6.07, 6.45) is 8.96. The average Bonchev–Trinajstić information content (AvgIpc) is 2.88. The van der Waals surface area contributed by atoms with Gasteiger partial charge in [0.2, 0.25) is 0 Å². The average molecular weight is 327 g/mol. The molecule has 5 heteroatoms. The van der Waals surface area contributed by atoms with Gasteiger partial charge in [-0.3, -0.25) is 9.59 Å². The van der Waals surface area contributed by atoms with Gasteiger partial charge in [-0.25, -0.2) is 0 Å². The van der Waals surface area contributed by atoms with Gasteiger partial charge in [-0.1, -0.05) is 17.6 Å². The zero-order valence-corrected chi connectivity index (χ0v) is 14.3. The largest absolute Gasteiger partial charge is 0.299 e. The Morgan fingerprint density at radius 1 is 1.17 bits per heavy atom. The molecule has 0 amide bonds. The van der Waals surface area contributed by atoms with Crippen molar-refractivity contribution in [1.82, 2.24) is 0 Å². The molecule has 0 radical (unpaired) electrons. The lowest BCUT2D eigenvalue weighted by molar-refractivity contribution is -0.132. The SMILES string of the molecule is C[C@]12CC[C@@H]3[C@@H](CCC4=CC(=O)CC[C@@]43CN=[N+]=[N-])[C@@H]1CCC2=O. The van der Waals surface area contributed by atoms with Gasteiger partial charge >= 0.3 is 0 Å². The second-order valence-electron chi connectivity index (χ2n) is 8.51. The van der Waals surface area contributed by atoms with Gasteiger partial charge in [-0.15, -0.1) is 0 Å². The number of Topliss-reactive ketones (excluding diaryl/α,β-unsaturated/α-hetero) is 1. The van der Waals surface area contributed by atoms with E-state index in [1.165, 1.54) is 5.57 Å². The number of hydrogen-bond acceptors (Lipinski definition) is 3. The summed E-state index contributed by atoms with van der Waals surface area (Å²) in [5.41, 5.74) is 9.85. The highest BCUT2D eigenvalue weighted by Crippen LogP contribution is 2.64. The van der Waals surface area contributed by atoms with E-state index in [-0.39, 0.29) is 16.6 Å². The lowest BCUT2D eigenvalue weighted by Gasteiger charge is -2.57. The van der Waals surface area contributed by atoms with Crippen LogP contribution in [-0.4, -0.2) is 18.1 Å². The van der Waals surface area contributed by atoms with Crippen LogP contribution in [0.15, 0.2) is 16.8 Å². The minimum atomic E-state index is -0.132. The zero-order valence-electron chi connectivity index (χ0n) is 14.3. The molecular formula is C19H25N3O2. The topological polar surface area (TPSA) is 82.9 Å².